The van der Waals surface area contributed by atoms with Crippen LogP contribution in [0.2, 0.25) is 0 Å². The average Bonchev–Trinajstić information content (AvgIpc) is 2.76. The summed E-state index contributed by atoms with van der Waals surface area (Å²) < 4.78 is 5.79. The van der Waals surface area contributed by atoms with Crippen LogP contribution in [0.4, 0.5) is 4.79 Å². The summed E-state index contributed by atoms with van der Waals surface area (Å²) in [5, 5.41) is 2.97. The van der Waals surface area contributed by atoms with Crippen LogP contribution in [-0.4, -0.2) is 23.0 Å². The van der Waals surface area contributed by atoms with E-state index in [1.807, 2.05) is 79.7 Å². The van der Waals surface area contributed by atoms with Crippen LogP contribution in [0.5, 0.6) is 5.75 Å². The van der Waals surface area contributed by atoms with Crippen LogP contribution in [-0.2, 0) is 13.2 Å². The number of benzene rings is 2. The van der Waals surface area contributed by atoms with Crippen molar-refractivity contribution in [2.75, 3.05) is 7.05 Å². The number of nitrogens with one attached hydrogen (secondary N) is 1. The van der Waals surface area contributed by atoms with E-state index >= 15 is 0 Å². The van der Waals surface area contributed by atoms with Gasteiger partial charge in [-0.15, -0.1) is 0 Å². The molecule has 0 radical (unpaired) electrons. The van der Waals surface area contributed by atoms with Crippen molar-refractivity contribution in [2.45, 2.75) is 26.1 Å². The number of amides is 2. The molecule has 3 aromatic rings. The highest BCUT2D eigenvalue weighted by atomic mass is 16.5. The second-order valence-electron chi connectivity index (χ2n) is 6.62. The quantitative estimate of drug-likeness (QED) is 0.658. The molecule has 1 heterocycles. The molecule has 0 saturated heterocycles. The van der Waals surface area contributed by atoms with Crippen LogP contribution in [0.25, 0.3) is 0 Å². The third kappa shape index (κ3) is 5.33. The van der Waals surface area contributed by atoms with Gasteiger partial charge >= 0.3 is 6.03 Å². The van der Waals surface area contributed by atoms with Crippen LogP contribution >= 0.6 is 0 Å². The maximum Gasteiger partial charge on any atom is 0.317 e. The first kappa shape index (κ1) is 19.4. The minimum Gasteiger partial charge on any atom is -0.489 e. The lowest BCUT2D eigenvalue weighted by Crippen LogP contribution is -2.38. The van der Waals surface area contributed by atoms with Crippen LogP contribution in [0.1, 0.15) is 29.8 Å². The lowest BCUT2D eigenvalue weighted by Gasteiger charge is -2.24. The molecule has 5 nitrogen and oxygen atoms in total. The Morgan fingerprint density at radius 2 is 1.79 bits per heavy atom. The van der Waals surface area contributed by atoms with Crippen molar-refractivity contribution in [3.8, 4) is 5.75 Å². The maximum absolute atomic E-state index is 12.5. The number of ether oxygens (including phenoxy) is 1. The number of carbonyl (C=O) groups excluding carboxylic acids is 1. The highest BCUT2D eigenvalue weighted by molar-refractivity contribution is 5.74. The first-order valence-electron chi connectivity index (χ1n) is 9.31. The summed E-state index contributed by atoms with van der Waals surface area (Å²) >= 11 is 0. The summed E-state index contributed by atoms with van der Waals surface area (Å²) in [6, 6.07) is 23.2. The van der Waals surface area contributed by atoms with E-state index in [9.17, 15) is 4.79 Å². The summed E-state index contributed by atoms with van der Waals surface area (Å²) in [5.74, 6) is 0.839. The SMILES string of the molecule is CC(c1ccccn1)N(C)C(=O)NCc1cccc(COc2ccccc2)c1. The zero-order valence-corrected chi connectivity index (χ0v) is 16.2. The van der Waals surface area contributed by atoms with E-state index in [-0.39, 0.29) is 12.1 Å². The smallest absolute Gasteiger partial charge is 0.317 e. The van der Waals surface area contributed by atoms with E-state index in [1.165, 1.54) is 0 Å². The molecule has 0 spiro atoms. The number of hydrogen-bond donors (Lipinski definition) is 1. The Bertz CT molecular complexity index is 885. The number of urea groups is 1. The van der Waals surface area contributed by atoms with Gasteiger partial charge in [0, 0.05) is 19.8 Å². The fourth-order valence-corrected chi connectivity index (χ4v) is 2.81. The van der Waals surface area contributed by atoms with Gasteiger partial charge in [-0.05, 0) is 42.3 Å². The summed E-state index contributed by atoms with van der Waals surface area (Å²) in [7, 11) is 1.78. The van der Waals surface area contributed by atoms with Gasteiger partial charge in [0.25, 0.3) is 0 Å². The first-order valence-corrected chi connectivity index (χ1v) is 9.31. The molecule has 5 heteroatoms. The van der Waals surface area contributed by atoms with Gasteiger partial charge in [-0.2, -0.15) is 0 Å². The number of aromatic nitrogens is 1. The molecule has 1 aromatic heterocycles. The molecular weight excluding hydrogens is 350 g/mol. The second-order valence-corrected chi connectivity index (χ2v) is 6.62. The van der Waals surface area contributed by atoms with E-state index in [4.69, 9.17) is 4.74 Å². The fourth-order valence-electron chi connectivity index (χ4n) is 2.81. The van der Waals surface area contributed by atoms with Gasteiger partial charge in [0.05, 0.1) is 11.7 Å². The highest BCUT2D eigenvalue weighted by Crippen LogP contribution is 2.16. The fraction of sp³-hybridized carbons (Fsp3) is 0.217. The standard InChI is InChI=1S/C23H25N3O2/c1-18(22-13-6-7-14-24-22)26(2)23(27)25-16-19-9-8-10-20(15-19)17-28-21-11-4-3-5-12-21/h3-15,18H,16-17H2,1-2H3,(H,25,27). The molecule has 0 aliphatic rings. The van der Waals surface area contributed by atoms with Crippen LogP contribution < -0.4 is 10.1 Å². The van der Waals surface area contributed by atoms with Gasteiger partial charge in [0.2, 0.25) is 0 Å². The van der Waals surface area contributed by atoms with E-state index < -0.39 is 0 Å². The molecule has 0 bridgehead atoms. The van der Waals surface area contributed by atoms with Crippen molar-refractivity contribution in [3.05, 3.63) is 95.8 Å². The minimum atomic E-state index is -0.135. The number of carbonyl (C=O) groups is 1. The average molecular weight is 375 g/mol. The number of rotatable bonds is 7. The van der Waals surface area contributed by atoms with Gasteiger partial charge in [0.1, 0.15) is 12.4 Å². The molecule has 28 heavy (non-hydrogen) atoms. The third-order valence-electron chi connectivity index (χ3n) is 4.60. The number of para-hydroxylation sites is 1. The summed E-state index contributed by atoms with van der Waals surface area (Å²) in [5.41, 5.74) is 2.95. The first-order chi connectivity index (χ1) is 13.6. The predicted molar refractivity (Wildman–Crippen MR) is 110 cm³/mol. The molecule has 0 saturated carbocycles. The molecule has 144 valence electrons. The van der Waals surface area contributed by atoms with Gasteiger partial charge < -0.3 is 15.0 Å². The molecule has 0 aliphatic carbocycles. The topological polar surface area (TPSA) is 54.5 Å². The van der Waals surface area contributed by atoms with Crippen LogP contribution in [0.3, 0.4) is 0 Å². The van der Waals surface area contributed by atoms with Gasteiger partial charge in [-0.1, -0.05) is 48.5 Å². The van der Waals surface area contributed by atoms with Crippen molar-refractivity contribution in [3.63, 3.8) is 0 Å². The molecule has 2 amide bonds. The molecule has 1 atom stereocenters. The number of nitrogens with zero attached hydrogens (tertiary/aromatic N) is 2. The van der Waals surface area contributed by atoms with E-state index in [2.05, 4.69) is 10.3 Å². The predicted octanol–water partition coefficient (Wildman–Crippen LogP) is 4.56. The lowest BCUT2D eigenvalue weighted by molar-refractivity contribution is 0.193. The zero-order chi connectivity index (χ0) is 19.8. The van der Waals surface area contributed by atoms with Crippen molar-refractivity contribution in [2.24, 2.45) is 0 Å². The third-order valence-corrected chi connectivity index (χ3v) is 4.60. The van der Waals surface area contributed by atoms with Crippen LogP contribution in [0, 0.1) is 0 Å². The van der Waals surface area contributed by atoms with Gasteiger partial charge in [-0.3, -0.25) is 4.98 Å². The highest BCUT2D eigenvalue weighted by Gasteiger charge is 2.17. The molecule has 3 rings (SSSR count). The summed E-state index contributed by atoms with van der Waals surface area (Å²) in [6.07, 6.45) is 1.74. The van der Waals surface area contributed by atoms with Crippen LogP contribution in [0.15, 0.2) is 79.0 Å². The number of hydrogen-bond acceptors (Lipinski definition) is 3. The van der Waals surface area contributed by atoms with Crippen molar-refractivity contribution >= 4 is 6.03 Å². The maximum atomic E-state index is 12.5. The summed E-state index contributed by atoms with van der Waals surface area (Å²) in [4.78, 5) is 18.5. The minimum absolute atomic E-state index is 0.105. The molecule has 0 fully saturated rings. The Morgan fingerprint density at radius 3 is 2.54 bits per heavy atom. The Morgan fingerprint density at radius 1 is 1.04 bits per heavy atom. The Labute approximate surface area is 166 Å². The molecule has 1 unspecified atom stereocenters. The largest absolute Gasteiger partial charge is 0.489 e. The van der Waals surface area contributed by atoms with Crippen molar-refractivity contribution in [1.82, 2.24) is 15.2 Å². The van der Waals surface area contributed by atoms with Crippen molar-refractivity contribution in [1.29, 1.82) is 0 Å². The molecule has 1 N–H and O–H groups in total. The Kier molecular flexibility index (Phi) is 6.63. The second kappa shape index (κ2) is 9.55. The van der Waals surface area contributed by atoms with Crippen molar-refractivity contribution < 1.29 is 9.53 Å². The lowest BCUT2D eigenvalue weighted by atomic mass is 10.1. The molecular formula is C23H25N3O2. The van der Waals surface area contributed by atoms with E-state index in [1.54, 1.807) is 18.1 Å². The molecule has 2 aromatic carbocycles. The molecule has 0 aliphatic heterocycles. The summed E-state index contributed by atoms with van der Waals surface area (Å²) in [6.45, 7) is 2.91. The Balaban J connectivity index is 1.53. The zero-order valence-electron chi connectivity index (χ0n) is 16.2. The number of pyridine rings is 1. The monoisotopic (exact) mass is 375 g/mol. The van der Waals surface area contributed by atoms with E-state index in [0.717, 1.165) is 22.6 Å². The Hall–Kier alpha value is -3.34. The van der Waals surface area contributed by atoms with Gasteiger partial charge in [-0.25, -0.2) is 4.79 Å². The van der Waals surface area contributed by atoms with Gasteiger partial charge in [0.15, 0.2) is 0 Å². The van der Waals surface area contributed by atoms with E-state index in [0.29, 0.717) is 13.2 Å². The normalized spacial score (nSPS) is 11.5.